The fraction of sp³-hybridized carbons (Fsp3) is 0.0714. The van der Waals surface area contributed by atoms with Gasteiger partial charge in [-0.05, 0) is 30.7 Å². The van der Waals surface area contributed by atoms with Gasteiger partial charge in [-0.25, -0.2) is 0 Å². The minimum absolute atomic E-state index is 0.260. The zero-order valence-corrected chi connectivity index (χ0v) is 11.2. The van der Waals surface area contributed by atoms with Crippen molar-refractivity contribution in [2.45, 2.75) is 6.92 Å². The Balaban J connectivity index is 2.26. The van der Waals surface area contributed by atoms with Crippen LogP contribution in [-0.4, -0.2) is 15.9 Å². The van der Waals surface area contributed by atoms with Crippen molar-refractivity contribution in [3.63, 3.8) is 0 Å². The van der Waals surface area contributed by atoms with Crippen LogP contribution in [-0.2, 0) is 0 Å². The van der Waals surface area contributed by atoms with Crippen molar-refractivity contribution in [3.8, 4) is 0 Å². The fourth-order valence-electron chi connectivity index (χ4n) is 1.59. The SMILES string of the molecule is Cc1ccc(C(N)=S)cc1NC(=O)c1ccccn1. The number of aromatic nitrogens is 1. The van der Waals surface area contributed by atoms with Crippen molar-refractivity contribution in [1.82, 2.24) is 4.98 Å². The minimum atomic E-state index is -0.260. The van der Waals surface area contributed by atoms with E-state index >= 15 is 0 Å². The Labute approximate surface area is 116 Å². The lowest BCUT2D eigenvalue weighted by Crippen LogP contribution is -2.15. The number of pyridine rings is 1. The van der Waals surface area contributed by atoms with Crippen LogP contribution in [0.25, 0.3) is 0 Å². The van der Waals surface area contributed by atoms with Gasteiger partial charge in [0.15, 0.2) is 0 Å². The summed E-state index contributed by atoms with van der Waals surface area (Å²) < 4.78 is 0. The third kappa shape index (κ3) is 3.14. The van der Waals surface area contributed by atoms with E-state index in [9.17, 15) is 4.79 Å². The van der Waals surface area contributed by atoms with E-state index in [1.54, 1.807) is 30.5 Å². The number of nitrogens with zero attached hydrogens (tertiary/aromatic N) is 1. The predicted molar refractivity (Wildman–Crippen MR) is 79.3 cm³/mol. The molecule has 1 aromatic carbocycles. The quantitative estimate of drug-likeness (QED) is 0.840. The third-order valence-corrected chi connectivity index (χ3v) is 2.90. The van der Waals surface area contributed by atoms with Crippen LogP contribution in [0, 0.1) is 6.92 Å². The molecule has 0 spiro atoms. The average Bonchev–Trinajstić information content (AvgIpc) is 2.42. The Morgan fingerprint density at radius 1 is 1.32 bits per heavy atom. The second kappa shape index (κ2) is 5.58. The first-order chi connectivity index (χ1) is 9.08. The van der Waals surface area contributed by atoms with Gasteiger partial charge in [0.25, 0.3) is 5.91 Å². The molecule has 0 radical (unpaired) electrons. The van der Waals surface area contributed by atoms with Gasteiger partial charge in [0, 0.05) is 17.4 Å². The summed E-state index contributed by atoms with van der Waals surface area (Å²) in [6.45, 7) is 1.90. The van der Waals surface area contributed by atoms with Crippen LogP contribution in [0.1, 0.15) is 21.6 Å². The number of nitrogens with two attached hydrogens (primary N) is 1. The molecule has 1 amide bonds. The van der Waals surface area contributed by atoms with E-state index in [4.69, 9.17) is 18.0 Å². The van der Waals surface area contributed by atoms with Crippen LogP contribution in [0.5, 0.6) is 0 Å². The Kier molecular flexibility index (Phi) is 3.87. The highest BCUT2D eigenvalue weighted by atomic mass is 32.1. The van der Waals surface area contributed by atoms with E-state index < -0.39 is 0 Å². The van der Waals surface area contributed by atoms with Crippen molar-refractivity contribution in [2.75, 3.05) is 5.32 Å². The van der Waals surface area contributed by atoms with Gasteiger partial charge >= 0.3 is 0 Å². The number of anilines is 1. The van der Waals surface area contributed by atoms with Gasteiger partial charge < -0.3 is 11.1 Å². The molecular formula is C14H13N3OS. The average molecular weight is 271 g/mol. The molecule has 1 aromatic heterocycles. The van der Waals surface area contributed by atoms with Crippen molar-refractivity contribution >= 4 is 28.8 Å². The largest absolute Gasteiger partial charge is 0.389 e. The molecule has 0 atom stereocenters. The number of thiocarbonyl (C=S) groups is 1. The molecule has 0 aliphatic rings. The predicted octanol–water partition coefficient (Wildman–Crippen LogP) is 2.28. The van der Waals surface area contributed by atoms with Gasteiger partial charge in [0.05, 0.1) is 0 Å². The molecule has 0 fully saturated rings. The summed E-state index contributed by atoms with van der Waals surface area (Å²) in [6, 6.07) is 10.6. The number of aryl methyl sites for hydroxylation is 1. The summed E-state index contributed by atoms with van der Waals surface area (Å²) in [5, 5.41) is 2.81. The number of amides is 1. The number of hydrogen-bond acceptors (Lipinski definition) is 3. The van der Waals surface area contributed by atoms with Crippen LogP contribution in [0.3, 0.4) is 0 Å². The molecule has 2 rings (SSSR count). The molecule has 0 aliphatic heterocycles. The van der Waals surface area contributed by atoms with Crippen LogP contribution in [0.15, 0.2) is 42.6 Å². The summed E-state index contributed by atoms with van der Waals surface area (Å²) in [4.78, 5) is 16.3. The first-order valence-electron chi connectivity index (χ1n) is 5.71. The summed E-state index contributed by atoms with van der Waals surface area (Å²) in [6.07, 6.45) is 1.58. The normalized spacial score (nSPS) is 9.95. The van der Waals surface area contributed by atoms with Crippen LogP contribution < -0.4 is 11.1 Å². The second-order valence-corrected chi connectivity index (χ2v) is 4.50. The molecule has 0 unspecified atom stereocenters. The highest BCUT2D eigenvalue weighted by Gasteiger charge is 2.09. The van der Waals surface area contributed by atoms with Crippen LogP contribution >= 0.6 is 12.2 Å². The number of benzene rings is 1. The van der Waals surface area contributed by atoms with Gasteiger partial charge in [0.1, 0.15) is 10.7 Å². The lowest BCUT2D eigenvalue weighted by atomic mass is 10.1. The van der Waals surface area contributed by atoms with Crippen molar-refractivity contribution in [2.24, 2.45) is 5.73 Å². The summed E-state index contributed by atoms with van der Waals surface area (Å²) >= 11 is 4.92. The molecular weight excluding hydrogens is 258 g/mol. The van der Waals surface area contributed by atoms with Crippen LogP contribution in [0.4, 0.5) is 5.69 Å². The van der Waals surface area contributed by atoms with E-state index in [0.717, 1.165) is 11.1 Å². The molecule has 5 heteroatoms. The molecule has 4 nitrogen and oxygen atoms in total. The number of rotatable bonds is 3. The van der Waals surface area contributed by atoms with Gasteiger partial charge in [-0.3, -0.25) is 9.78 Å². The maximum atomic E-state index is 12.0. The highest BCUT2D eigenvalue weighted by molar-refractivity contribution is 7.80. The Morgan fingerprint density at radius 3 is 2.74 bits per heavy atom. The minimum Gasteiger partial charge on any atom is -0.389 e. The van der Waals surface area contributed by atoms with E-state index in [1.807, 2.05) is 19.1 Å². The zero-order valence-electron chi connectivity index (χ0n) is 10.4. The number of carbonyl (C=O) groups is 1. The van der Waals surface area contributed by atoms with Crippen molar-refractivity contribution < 1.29 is 4.79 Å². The maximum absolute atomic E-state index is 12.0. The first-order valence-corrected chi connectivity index (χ1v) is 6.11. The van der Waals surface area contributed by atoms with E-state index in [2.05, 4.69) is 10.3 Å². The Bertz CT molecular complexity index is 626. The highest BCUT2D eigenvalue weighted by Crippen LogP contribution is 2.17. The smallest absolute Gasteiger partial charge is 0.274 e. The number of hydrogen-bond donors (Lipinski definition) is 2. The zero-order chi connectivity index (χ0) is 13.8. The number of nitrogens with one attached hydrogen (secondary N) is 1. The monoisotopic (exact) mass is 271 g/mol. The second-order valence-electron chi connectivity index (χ2n) is 4.06. The van der Waals surface area contributed by atoms with Gasteiger partial charge in [-0.15, -0.1) is 0 Å². The molecule has 96 valence electrons. The molecule has 2 aromatic rings. The number of carbonyl (C=O) groups excluding carboxylic acids is 1. The van der Waals surface area contributed by atoms with E-state index in [1.165, 1.54) is 0 Å². The first kappa shape index (κ1) is 13.2. The standard InChI is InChI=1S/C14H13N3OS/c1-9-5-6-10(13(15)19)8-12(9)17-14(18)11-4-2-3-7-16-11/h2-8H,1H3,(H2,15,19)(H,17,18). The van der Waals surface area contributed by atoms with Crippen LogP contribution in [0.2, 0.25) is 0 Å². The topological polar surface area (TPSA) is 68.0 Å². The molecule has 0 saturated heterocycles. The molecule has 0 bridgehead atoms. The molecule has 0 saturated carbocycles. The summed E-state index contributed by atoms with van der Waals surface area (Å²) in [5.41, 5.74) is 8.28. The molecule has 0 aliphatic carbocycles. The molecule has 1 heterocycles. The van der Waals surface area contributed by atoms with Gasteiger partial charge in [-0.1, -0.05) is 30.4 Å². The fourth-order valence-corrected chi connectivity index (χ4v) is 1.72. The van der Waals surface area contributed by atoms with Gasteiger partial charge in [0.2, 0.25) is 0 Å². The lowest BCUT2D eigenvalue weighted by molar-refractivity contribution is 0.102. The Morgan fingerprint density at radius 2 is 2.11 bits per heavy atom. The van der Waals surface area contributed by atoms with Crippen molar-refractivity contribution in [3.05, 3.63) is 59.4 Å². The molecule has 19 heavy (non-hydrogen) atoms. The maximum Gasteiger partial charge on any atom is 0.274 e. The Hall–Kier alpha value is -2.27. The van der Waals surface area contributed by atoms with E-state index in [-0.39, 0.29) is 5.91 Å². The van der Waals surface area contributed by atoms with Gasteiger partial charge in [-0.2, -0.15) is 0 Å². The van der Waals surface area contributed by atoms with E-state index in [0.29, 0.717) is 16.4 Å². The molecule has 3 N–H and O–H groups in total. The third-order valence-electron chi connectivity index (χ3n) is 2.67. The summed E-state index contributed by atoms with van der Waals surface area (Å²) in [5.74, 6) is -0.260. The summed E-state index contributed by atoms with van der Waals surface area (Å²) in [7, 11) is 0. The lowest BCUT2D eigenvalue weighted by Gasteiger charge is -2.09. The van der Waals surface area contributed by atoms with Crippen molar-refractivity contribution in [1.29, 1.82) is 0 Å².